The van der Waals surface area contributed by atoms with Gasteiger partial charge in [-0.15, -0.1) is 5.10 Å². The molecule has 6 nitrogen and oxygen atoms in total. The van der Waals surface area contributed by atoms with Crippen molar-refractivity contribution in [3.8, 4) is 11.4 Å². The van der Waals surface area contributed by atoms with Crippen LogP contribution in [0, 0.1) is 5.82 Å². The Hall–Kier alpha value is -2.87. The molecule has 0 aliphatic carbocycles. The molecule has 1 amide bonds. The SMILES string of the molecule is O=C(CSc1n[nH]c(-c2ccccc2F)n1)Nc1ccc(N2CCCCCC2)cc1. The number of amides is 1. The third kappa shape index (κ3) is 5.18. The highest BCUT2D eigenvalue weighted by molar-refractivity contribution is 7.99. The smallest absolute Gasteiger partial charge is 0.234 e. The molecule has 0 spiro atoms. The number of halogens is 1. The van der Waals surface area contributed by atoms with Gasteiger partial charge in [0.25, 0.3) is 0 Å². The maximum Gasteiger partial charge on any atom is 0.234 e. The number of aromatic nitrogens is 3. The van der Waals surface area contributed by atoms with Crippen LogP contribution < -0.4 is 10.2 Å². The molecule has 156 valence electrons. The molecule has 0 unspecified atom stereocenters. The lowest BCUT2D eigenvalue weighted by Crippen LogP contribution is -2.23. The lowest BCUT2D eigenvalue weighted by molar-refractivity contribution is -0.113. The van der Waals surface area contributed by atoms with Gasteiger partial charge in [0.1, 0.15) is 5.82 Å². The summed E-state index contributed by atoms with van der Waals surface area (Å²) in [6.45, 7) is 2.18. The van der Waals surface area contributed by atoms with Gasteiger partial charge < -0.3 is 10.2 Å². The van der Waals surface area contributed by atoms with Gasteiger partial charge >= 0.3 is 0 Å². The molecule has 0 atom stereocenters. The minimum atomic E-state index is -0.369. The average molecular weight is 426 g/mol. The fourth-order valence-corrected chi connectivity index (χ4v) is 4.09. The number of anilines is 2. The molecule has 8 heteroatoms. The predicted octanol–water partition coefficient (Wildman–Crippen LogP) is 4.72. The highest BCUT2D eigenvalue weighted by atomic mass is 32.2. The van der Waals surface area contributed by atoms with Crippen molar-refractivity contribution in [3.63, 3.8) is 0 Å². The molecule has 2 N–H and O–H groups in total. The van der Waals surface area contributed by atoms with Crippen molar-refractivity contribution in [2.75, 3.05) is 29.1 Å². The summed E-state index contributed by atoms with van der Waals surface area (Å²) in [6, 6.07) is 14.4. The van der Waals surface area contributed by atoms with Crippen molar-refractivity contribution in [3.05, 3.63) is 54.3 Å². The van der Waals surface area contributed by atoms with E-state index in [4.69, 9.17) is 0 Å². The number of aromatic amines is 1. The van der Waals surface area contributed by atoms with E-state index in [0.717, 1.165) is 18.8 Å². The van der Waals surface area contributed by atoms with Crippen molar-refractivity contribution in [2.24, 2.45) is 0 Å². The summed E-state index contributed by atoms with van der Waals surface area (Å²) in [5.41, 5.74) is 2.32. The second-order valence-electron chi connectivity index (χ2n) is 7.23. The quantitative estimate of drug-likeness (QED) is 0.559. The summed E-state index contributed by atoms with van der Waals surface area (Å²) in [4.78, 5) is 19.0. The van der Waals surface area contributed by atoms with Gasteiger partial charge in [-0.05, 0) is 49.2 Å². The first-order valence-electron chi connectivity index (χ1n) is 10.1. The number of rotatable bonds is 6. The van der Waals surface area contributed by atoms with E-state index in [1.807, 2.05) is 12.1 Å². The van der Waals surface area contributed by atoms with E-state index in [0.29, 0.717) is 16.5 Å². The number of nitrogens with zero attached hydrogens (tertiary/aromatic N) is 3. The van der Waals surface area contributed by atoms with Crippen molar-refractivity contribution in [1.82, 2.24) is 15.2 Å². The monoisotopic (exact) mass is 425 g/mol. The van der Waals surface area contributed by atoms with Gasteiger partial charge in [0.15, 0.2) is 5.82 Å². The maximum atomic E-state index is 13.8. The third-order valence-corrected chi connectivity index (χ3v) is 5.90. The van der Waals surface area contributed by atoms with Gasteiger partial charge in [0, 0.05) is 24.5 Å². The van der Waals surface area contributed by atoms with Crippen LogP contribution in [0.4, 0.5) is 15.8 Å². The standard InChI is InChI=1S/C22H24FN5OS/c23-19-8-4-3-7-18(19)21-25-22(27-26-21)30-15-20(29)24-16-9-11-17(12-10-16)28-13-5-1-2-6-14-28/h3-4,7-12H,1-2,5-6,13-15H2,(H,24,29)(H,25,26,27). The van der Waals surface area contributed by atoms with Crippen LogP contribution in [0.2, 0.25) is 0 Å². The lowest BCUT2D eigenvalue weighted by atomic mass is 10.2. The van der Waals surface area contributed by atoms with Crippen molar-refractivity contribution < 1.29 is 9.18 Å². The van der Waals surface area contributed by atoms with E-state index >= 15 is 0 Å². The van der Waals surface area contributed by atoms with Gasteiger partial charge in [0.2, 0.25) is 11.1 Å². The second-order valence-corrected chi connectivity index (χ2v) is 8.17. The van der Waals surface area contributed by atoms with E-state index in [2.05, 4.69) is 37.5 Å². The maximum absolute atomic E-state index is 13.8. The molecule has 1 aromatic heterocycles. The fourth-order valence-electron chi connectivity index (χ4n) is 3.50. The van der Waals surface area contributed by atoms with E-state index in [1.54, 1.807) is 18.2 Å². The topological polar surface area (TPSA) is 73.9 Å². The summed E-state index contributed by atoms with van der Waals surface area (Å²) in [5.74, 6) is 0.00839. The number of hydrogen-bond acceptors (Lipinski definition) is 5. The molecule has 4 rings (SSSR count). The van der Waals surface area contributed by atoms with Gasteiger partial charge in [-0.2, -0.15) is 0 Å². The highest BCUT2D eigenvalue weighted by Gasteiger charge is 2.13. The zero-order valence-corrected chi connectivity index (χ0v) is 17.4. The Morgan fingerprint density at radius 1 is 1.07 bits per heavy atom. The van der Waals surface area contributed by atoms with Crippen molar-refractivity contribution >= 4 is 29.0 Å². The second kappa shape index (κ2) is 9.75. The van der Waals surface area contributed by atoms with Gasteiger partial charge in [-0.25, -0.2) is 9.37 Å². The fraction of sp³-hybridized carbons (Fsp3) is 0.318. The first kappa shape index (κ1) is 20.4. The molecular formula is C22H24FN5OS. The van der Waals surface area contributed by atoms with Gasteiger partial charge in [-0.1, -0.05) is 36.7 Å². The zero-order chi connectivity index (χ0) is 20.8. The first-order valence-corrected chi connectivity index (χ1v) is 11.1. The minimum absolute atomic E-state index is 0.139. The largest absolute Gasteiger partial charge is 0.372 e. The molecule has 0 bridgehead atoms. The Kier molecular flexibility index (Phi) is 6.63. The number of thioether (sulfide) groups is 1. The Morgan fingerprint density at radius 3 is 2.53 bits per heavy atom. The summed E-state index contributed by atoms with van der Waals surface area (Å²) in [5, 5.41) is 10.1. The molecule has 1 aliphatic heterocycles. The van der Waals surface area contributed by atoms with Crippen LogP contribution in [0.25, 0.3) is 11.4 Å². The molecular weight excluding hydrogens is 401 g/mol. The Balaban J connectivity index is 1.29. The number of hydrogen-bond donors (Lipinski definition) is 2. The highest BCUT2D eigenvalue weighted by Crippen LogP contribution is 2.23. The average Bonchev–Trinajstić information content (AvgIpc) is 3.06. The number of nitrogens with one attached hydrogen (secondary N) is 2. The Labute approximate surface area is 179 Å². The van der Waals surface area contributed by atoms with Crippen LogP contribution in [0.5, 0.6) is 0 Å². The molecule has 0 radical (unpaired) electrons. The van der Waals surface area contributed by atoms with Crippen molar-refractivity contribution in [2.45, 2.75) is 30.8 Å². The molecule has 3 aromatic rings. The summed E-state index contributed by atoms with van der Waals surface area (Å²) in [6.07, 6.45) is 5.06. The van der Waals surface area contributed by atoms with E-state index < -0.39 is 0 Å². The van der Waals surface area contributed by atoms with Gasteiger partial charge in [-0.3, -0.25) is 9.89 Å². The van der Waals surface area contributed by atoms with Crippen LogP contribution in [-0.2, 0) is 4.79 Å². The van der Waals surface area contributed by atoms with Crippen LogP contribution in [0.1, 0.15) is 25.7 Å². The summed E-state index contributed by atoms with van der Waals surface area (Å²) < 4.78 is 13.8. The number of benzene rings is 2. The minimum Gasteiger partial charge on any atom is -0.372 e. The van der Waals surface area contributed by atoms with Crippen LogP contribution in [0.3, 0.4) is 0 Å². The summed E-state index contributed by atoms with van der Waals surface area (Å²) in [7, 11) is 0. The van der Waals surface area contributed by atoms with Crippen LogP contribution in [-0.4, -0.2) is 39.9 Å². The zero-order valence-electron chi connectivity index (χ0n) is 16.6. The normalized spacial score (nSPS) is 14.4. The molecule has 2 heterocycles. The number of carbonyl (C=O) groups is 1. The van der Waals surface area contributed by atoms with Crippen LogP contribution in [0.15, 0.2) is 53.7 Å². The predicted molar refractivity (Wildman–Crippen MR) is 118 cm³/mol. The van der Waals surface area contributed by atoms with Crippen LogP contribution >= 0.6 is 11.8 Å². The molecule has 1 fully saturated rings. The Morgan fingerprint density at radius 2 is 1.80 bits per heavy atom. The first-order chi connectivity index (χ1) is 14.7. The Bertz CT molecular complexity index is 983. The van der Waals surface area contributed by atoms with Gasteiger partial charge in [0.05, 0.1) is 11.3 Å². The molecule has 1 aliphatic rings. The molecule has 2 aromatic carbocycles. The summed E-state index contributed by atoms with van der Waals surface area (Å²) >= 11 is 1.20. The lowest BCUT2D eigenvalue weighted by Gasteiger charge is -2.22. The van der Waals surface area contributed by atoms with E-state index in [-0.39, 0.29) is 17.5 Å². The van der Waals surface area contributed by atoms with E-state index in [1.165, 1.54) is 49.2 Å². The molecule has 1 saturated heterocycles. The number of carbonyl (C=O) groups excluding carboxylic acids is 1. The molecule has 0 saturated carbocycles. The van der Waals surface area contributed by atoms with Crippen molar-refractivity contribution in [1.29, 1.82) is 0 Å². The number of H-pyrrole nitrogens is 1. The third-order valence-electron chi connectivity index (χ3n) is 5.05. The van der Waals surface area contributed by atoms with E-state index in [9.17, 15) is 9.18 Å². The molecule has 30 heavy (non-hydrogen) atoms.